The van der Waals surface area contributed by atoms with Crippen molar-refractivity contribution in [2.45, 2.75) is 0 Å². The van der Waals surface area contributed by atoms with E-state index in [4.69, 9.17) is 38.5 Å². The van der Waals surface area contributed by atoms with Crippen LogP contribution in [-0.4, -0.2) is 14.7 Å². The monoisotopic (exact) mass is 289 g/mol. The summed E-state index contributed by atoms with van der Waals surface area (Å²) in [4.78, 5) is 47.2. The van der Waals surface area contributed by atoms with Crippen molar-refractivity contribution in [3.05, 3.63) is 0 Å². The molecule has 13 heavy (non-hydrogen) atoms. The second kappa shape index (κ2) is 11.8. The minimum Gasteiger partial charge on any atom is -0.822 e. The Hall–Kier alpha value is 1.77. The molecule has 3 N–H and O–H groups in total. The summed E-state index contributed by atoms with van der Waals surface area (Å²) < 4.78 is 17.4. The fraction of sp³-hybridized carbons (Fsp3) is 0. The molecule has 0 spiro atoms. The predicted molar refractivity (Wildman–Crippen MR) is 33.0 cm³/mol. The van der Waals surface area contributed by atoms with Crippen LogP contribution in [0.2, 0.25) is 0 Å². The molecule has 77 valence electrons. The van der Waals surface area contributed by atoms with E-state index in [2.05, 4.69) is 0 Å². The van der Waals surface area contributed by atoms with Crippen molar-refractivity contribution < 1.29 is 74.4 Å². The molecule has 0 fully saturated rings. The van der Waals surface area contributed by atoms with Gasteiger partial charge in [0.25, 0.3) is 0 Å². The molecule has 1 radical (unpaired) electrons. The third-order valence-corrected chi connectivity index (χ3v) is 0. The van der Waals surface area contributed by atoms with Crippen molar-refractivity contribution in [1.29, 1.82) is 0 Å². The molecule has 13 heteroatoms. The first kappa shape index (κ1) is 29.3. The first-order chi connectivity index (χ1) is 4.00. The molecule has 1 unspecified atom stereocenters. The molecule has 0 aromatic heterocycles. The van der Waals surface area contributed by atoms with Gasteiger partial charge in [-0.25, -0.2) is 4.57 Å². The van der Waals surface area contributed by atoms with E-state index in [0.29, 0.717) is 0 Å². The van der Waals surface area contributed by atoms with Crippen molar-refractivity contribution in [2.24, 2.45) is 0 Å². The Morgan fingerprint density at radius 2 is 0.923 bits per heavy atom. The molecule has 0 aromatic carbocycles. The second-order valence-electron chi connectivity index (χ2n) is 0.960. The van der Waals surface area contributed by atoms with Gasteiger partial charge in [-0.1, -0.05) is 0 Å². The minimum absolute atomic E-state index is 0. The number of hydrogen-bond donors (Lipinski definition) is 3. The molecule has 8 nitrogen and oxygen atoms in total. The Balaban J connectivity index is -0.0000000267. The summed E-state index contributed by atoms with van der Waals surface area (Å²) in [7, 11) is -10.0. The van der Waals surface area contributed by atoms with Crippen LogP contribution in [0.25, 0.3) is 0 Å². The minimum atomic E-state index is -5.39. The van der Waals surface area contributed by atoms with E-state index in [1.807, 2.05) is 0 Å². The van der Waals surface area contributed by atoms with Gasteiger partial charge in [0.15, 0.2) is 0 Å². The van der Waals surface area contributed by atoms with Gasteiger partial charge in [-0.3, -0.25) is 0 Å². The Labute approximate surface area is 99.9 Å². The Kier molecular flexibility index (Phi) is 26.7. The van der Waals surface area contributed by atoms with Gasteiger partial charge in [0.05, 0.1) is 0 Å². The van der Waals surface area contributed by atoms with Crippen LogP contribution >= 0.6 is 25.5 Å². The van der Waals surface area contributed by atoms with Crippen molar-refractivity contribution >= 4 is 25.5 Å². The van der Waals surface area contributed by atoms with Gasteiger partial charge < -0.3 is 33.9 Å². The predicted octanol–water partition coefficient (Wildman–Crippen LogP) is -6.69. The van der Waals surface area contributed by atoms with Crippen LogP contribution in [0.5, 0.6) is 0 Å². The van der Waals surface area contributed by atoms with E-state index in [-0.39, 0.29) is 45.8 Å². The largest absolute Gasteiger partial charge is 2.00 e. The summed E-state index contributed by atoms with van der Waals surface area (Å²) in [6.45, 7) is 0. The van der Waals surface area contributed by atoms with E-state index in [1.54, 1.807) is 0 Å². The first-order valence-corrected chi connectivity index (χ1v) is 4.54. The van der Waals surface area contributed by atoms with Crippen LogP contribution in [0.15, 0.2) is 0 Å². The van der Waals surface area contributed by atoms with Crippen molar-refractivity contribution in [1.82, 2.24) is 0 Å². The average Bonchev–Trinajstić information content (AvgIpc) is 1.12. The van der Waals surface area contributed by atoms with Crippen molar-refractivity contribution in [3.63, 3.8) is 0 Å². The maximum absolute atomic E-state index is 8.88. The molecule has 0 amide bonds. The third-order valence-electron chi connectivity index (χ3n) is 0. The zero-order chi connectivity index (χ0) is 9.00. The molecular formula is H6LiMnO8P3. The van der Waals surface area contributed by atoms with Crippen molar-refractivity contribution in [2.75, 3.05) is 0 Å². The van der Waals surface area contributed by atoms with E-state index in [1.165, 1.54) is 0 Å². The van der Waals surface area contributed by atoms with Gasteiger partial charge in [-0.15, -0.1) is 0 Å². The van der Waals surface area contributed by atoms with Crippen LogP contribution in [0.3, 0.4) is 0 Å². The topological polar surface area (TPSA) is 164 Å². The zero-order valence-corrected chi connectivity index (χ0v) is 10.7. The third kappa shape index (κ3) is 611. The zero-order valence-electron chi connectivity index (χ0n) is 6.36. The molecule has 1 atom stereocenters. The molecular weight excluding hydrogens is 283 g/mol. The summed E-state index contributed by atoms with van der Waals surface area (Å²) in [6.07, 6.45) is 0. The van der Waals surface area contributed by atoms with Gasteiger partial charge in [0.2, 0.25) is 0 Å². The molecule has 0 bridgehead atoms. The van der Waals surface area contributed by atoms with E-state index in [9.17, 15) is 0 Å². The Morgan fingerprint density at radius 3 is 0.923 bits per heavy atom. The second-order valence-corrected chi connectivity index (χ2v) is 2.88. The van der Waals surface area contributed by atoms with Crippen LogP contribution in [-0.2, 0) is 26.2 Å². The van der Waals surface area contributed by atoms with Crippen LogP contribution < -0.4 is 33.5 Å². The smallest absolute Gasteiger partial charge is 0.822 e. The number of phosphoric acid groups is 2. The fourth-order valence-corrected chi connectivity index (χ4v) is 0. The molecule has 0 aliphatic carbocycles. The summed E-state index contributed by atoms with van der Waals surface area (Å²) in [5.41, 5.74) is 0. The molecule has 0 aliphatic heterocycles. The molecule has 0 aliphatic rings. The van der Waals surface area contributed by atoms with Gasteiger partial charge in [-0.05, 0) is 0 Å². The molecule has 0 rings (SSSR count). The van der Waals surface area contributed by atoms with Gasteiger partial charge in [-0.2, -0.15) is 17.7 Å². The molecule has 0 saturated heterocycles. The normalized spacial score (nSPS) is 9.08. The maximum Gasteiger partial charge on any atom is 2.00 e. The first-order valence-electron chi connectivity index (χ1n) is 1.51. The van der Waals surface area contributed by atoms with Gasteiger partial charge in [0.1, 0.15) is 0 Å². The van der Waals surface area contributed by atoms with E-state index in [0.717, 1.165) is 0 Å². The number of hydrogen-bond acceptors (Lipinski definition) is 5. The van der Waals surface area contributed by atoms with Crippen LogP contribution in [0.4, 0.5) is 0 Å². The number of rotatable bonds is 0. The average molecular weight is 289 g/mol. The summed E-state index contributed by atoms with van der Waals surface area (Å²) in [5, 5.41) is 0. The summed E-state index contributed by atoms with van der Waals surface area (Å²) >= 11 is 0. The van der Waals surface area contributed by atoms with Crippen LogP contribution in [0, 0.1) is 0 Å². The van der Waals surface area contributed by atoms with Crippen LogP contribution in [0.1, 0.15) is 0 Å². The Bertz CT molecular complexity index is 132. The molecule has 0 aromatic rings. The van der Waals surface area contributed by atoms with Crippen molar-refractivity contribution in [3.8, 4) is 0 Å². The summed E-state index contributed by atoms with van der Waals surface area (Å²) in [5.74, 6) is 0. The van der Waals surface area contributed by atoms with Gasteiger partial charge in [0, 0.05) is 0 Å². The van der Waals surface area contributed by atoms with E-state index < -0.39 is 15.6 Å². The standard InChI is InChI=1S/Li.Mn.2H3O4P.H3P/c;;2*1-5(2,3)4;/h;;2*(H3,1,2,3,4);1H3/q+1;+2;;;/p-3. The summed E-state index contributed by atoms with van der Waals surface area (Å²) in [6, 6.07) is 0. The SMILES string of the molecule is O=P(O)(O)O.O=P([O-])([O-])[O-].P.[Li+].[Mn+2]. The Morgan fingerprint density at radius 1 is 0.923 bits per heavy atom. The molecule has 0 saturated carbocycles. The van der Waals surface area contributed by atoms with Gasteiger partial charge >= 0.3 is 43.8 Å². The maximum atomic E-state index is 8.88. The molecule has 0 heterocycles. The fourth-order valence-electron chi connectivity index (χ4n) is 0. The quantitative estimate of drug-likeness (QED) is 0.292. The van der Waals surface area contributed by atoms with E-state index >= 15 is 0 Å².